The first-order chi connectivity index (χ1) is 10.2. The van der Waals surface area contributed by atoms with E-state index in [1.54, 1.807) is 6.07 Å². The van der Waals surface area contributed by atoms with E-state index < -0.39 is 0 Å². The zero-order chi connectivity index (χ0) is 15.1. The van der Waals surface area contributed by atoms with E-state index in [0.717, 1.165) is 23.2 Å². The van der Waals surface area contributed by atoms with Gasteiger partial charge in [-0.15, -0.1) is 0 Å². The third kappa shape index (κ3) is 5.14. The normalized spacial score (nSPS) is 12.1. The average molecular weight is 352 g/mol. The van der Waals surface area contributed by atoms with Crippen molar-refractivity contribution in [2.24, 2.45) is 0 Å². The molecule has 0 aliphatic rings. The van der Waals surface area contributed by atoms with Crippen molar-refractivity contribution in [2.75, 3.05) is 13.2 Å². The summed E-state index contributed by atoms with van der Waals surface area (Å²) >= 11 is 3.26. The first-order valence-electron chi connectivity index (χ1n) is 7.03. The van der Waals surface area contributed by atoms with Gasteiger partial charge >= 0.3 is 0 Å². The van der Waals surface area contributed by atoms with Crippen LogP contribution in [0.25, 0.3) is 0 Å². The van der Waals surface area contributed by atoms with Gasteiger partial charge in [0.2, 0.25) is 0 Å². The van der Waals surface area contributed by atoms with E-state index in [-0.39, 0.29) is 11.9 Å². The van der Waals surface area contributed by atoms with Gasteiger partial charge in [0.05, 0.1) is 6.61 Å². The molecule has 0 aliphatic heterocycles. The summed E-state index contributed by atoms with van der Waals surface area (Å²) in [6.07, 6.45) is 0.872. The minimum Gasteiger partial charge on any atom is -0.494 e. The Kier molecular flexibility index (Phi) is 6.21. The summed E-state index contributed by atoms with van der Waals surface area (Å²) in [4.78, 5) is 0. The molecule has 0 spiro atoms. The first kappa shape index (κ1) is 16.0. The fourth-order valence-corrected chi connectivity index (χ4v) is 2.39. The number of rotatable bonds is 7. The SMILES string of the molecule is CC(NCCCOc1ccccc1)c1ccc(Br)cc1F. The molecule has 2 aromatic carbocycles. The monoisotopic (exact) mass is 351 g/mol. The van der Waals surface area contributed by atoms with Gasteiger partial charge in [-0.2, -0.15) is 0 Å². The second kappa shape index (κ2) is 8.15. The topological polar surface area (TPSA) is 21.3 Å². The Balaban J connectivity index is 1.71. The van der Waals surface area contributed by atoms with Crippen molar-refractivity contribution in [3.05, 3.63) is 64.4 Å². The minimum atomic E-state index is -0.190. The second-order valence-electron chi connectivity index (χ2n) is 4.86. The highest BCUT2D eigenvalue weighted by Gasteiger charge is 2.10. The molecule has 0 saturated carbocycles. The summed E-state index contributed by atoms with van der Waals surface area (Å²) in [7, 11) is 0. The van der Waals surface area contributed by atoms with Gasteiger partial charge in [0.25, 0.3) is 0 Å². The molecule has 0 aliphatic carbocycles. The Bertz CT molecular complexity index is 562. The maximum Gasteiger partial charge on any atom is 0.129 e. The molecule has 4 heteroatoms. The summed E-state index contributed by atoms with van der Waals surface area (Å²) < 4.78 is 20.2. The molecule has 2 nitrogen and oxygen atoms in total. The van der Waals surface area contributed by atoms with Crippen LogP contribution in [-0.4, -0.2) is 13.2 Å². The van der Waals surface area contributed by atoms with E-state index in [9.17, 15) is 4.39 Å². The lowest BCUT2D eigenvalue weighted by atomic mass is 10.1. The number of nitrogens with one attached hydrogen (secondary N) is 1. The van der Waals surface area contributed by atoms with E-state index in [1.165, 1.54) is 6.07 Å². The molecule has 0 saturated heterocycles. The zero-order valence-corrected chi connectivity index (χ0v) is 13.6. The van der Waals surface area contributed by atoms with Crippen LogP contribution in [0.15, 0.2) is 53.0 Å². The summed E-state index contributed by atoms with van der Waals surface area (Å²) in [5.74, 6) is 0.689. The first-order valence-corrected chi connectivity index (χ1v) is 7.82. The van der Waals surface area contributed by atoms with Crippen molar-refractivity contribution in [1.29, 1.82) is 0 Å². The molecule has 0 radical (unpaired) electrons. The fourth-order valence-electron chi connectivity index (χ4n) is 2.06. The van der Waals surface area contributed by atoms with Crippen LogP contribution in [-0.2, 0) is 0 Å². The fraction of sp³-hybridized carbons (Fsp3) is 0.294. The van der Waals surface area contributed by atoms with Crippen molar-refractivity contribution in [3.8, 4) is 5.75 Å². The number of halogens is 2. The molecule has 2 aromatic rings. The highest BCUT2D eigenvalue weighted by Crippen LogP contribution is 2.20. The van der Waals surface area contributed by atoms with Crippen LogP contribution >= 0.6 is 15.9 Å². The van der Waals surface area contributed by atoms with E-state index in [1.807, 2.05) is 43.3 Å². The van der Waals surface area contributed by atoms with Crippen LogP contribution < -0.4 is 10.1 Å². The number of benzene rings is 2. The van der Waals surface area contributed by atoms with Gasteiger partial charge in [0.1, 0.15) is 11.6 Å². The van der Waals surface area contributed by atoms with E-state index in [0.29, 0.717) is 12.2 Å². The van der Waals surface area contributed by atoms with E-state index >= 15 is 0 Å². The van der Waals surface area contributed by atoms with Crippen LogP contribution in [0.1, 0.15) is 24.9 Å². The highest BCUT2D eigenvalue weighted by molar-refractivity contribution is 9.10. The molecular weight excluding hydrogens is 333 g/mol. The van der Waals surface area contributed by atoms with Gasteiger partial charge in [-0.3, -0.25) is 0 Å². The molecule has 0 fully saturated rings. The molecule has 0 aromatic heterocycles. The predicted molar refractivity (Wildman–Crippen MR) is 87.1 cm³/mol. The quantitative estimate of drug-likeness (QED) is 0.729. The Morgan fingerprint density at radius 3 is 2.67 bits per heavy atom. The van der Waals surface area contributed by atoms with Crippen LogP contribution in [0, 0.1) is 5.82 Å². The Morgan fingerprint density at radius 2 is 1.95 bits per heavy atom. The van der Waals surface area contributed by atoms with Crippen LogP contribution in [0.5, 0.6) is 5.75 Å². The molecule has 0 heterocycles. The molecule has 112 valence electrons. The number of ether oxygens (including phenoxy) is 1. The van der Waals surface area contributed by atoms with Crippen molar-refractivity contribution < 1.29 is 9.13 Å². The molecule has 1 atom stereocenters. The minimum absolute atomic E-state index is 0.0187. The zero-order valence-electron chi connectivity index (χ0n) is 12.0. The molecule has 1 unspecified atom stereocenters. The maximum atomic E-state index is 13.8. The number of para-hydroxylation sites is 1. The van der Waals surface area contributed by atoms with Crippen LogP contribution in [0.3, 0.4) is 0 Å². The van der Waals surface area contributed by atoms with E-state index in [2.05, 4.69) is 21.2 Å². The van der Waals surface area contributed by atoms with Gasteiger partial charge in [0, 0.05) is 16.1 Å². The Morgan fingerprint density at radius 1 is 1.19 bits per heavy atom. The lowest BCUT2D eigenvalue weighted by molar-refractivity contribution is 0.305. The Labute approximate surface area is 133 Å². The number of hydrogen-bond acceptors (Lipinski definition) is 2. The highest BCUT2D eigenvalue weighted by atomic mass is 79.9. The van der Waals surface area contributed by atoms with Gasteiger partial charge in [0.15, 0.2) is 0 Å². The summed E-state index contributed by atoms with van der Waals surface area (Å²) in [5, 5.41) is 3.31. The molecule has 0 bridgehead atoms. The maximum absolute atomic E-state index is 13.8. The van der Waals surface area contributed by atoms with Crippen LogP contribution in [0.2, 0.25) is 0 Å². The largest absolute Gasteiger partial charge is 0.494 e. The van der Waals surface area contributed by atoms with Crippen molar-refractivity contribution >= 4 is 15.9 Å². The summed E-state index contributed by atoms with van der Waals surface area (Å²) in [6.45, 7) is 3.39. The van der Waals surface area contributed by atoms with Gasteiger partial charge < -0.3 is 10.1 Å². The molecular formula is C17H19BrFNO. The predicted octanol–water partition coefficient (Wildman–Crippen LogP) is 4.71. The third-order valence-electron chi connectivity index (χ3n) is 3.21. The molecule has 21 heavy (non-hydrogen) atoms. The third-order valence-corrected chi connectivity index (χ3v) is 3.71. The lowest BCUT2D eigenvalue weighted by Gasteiger charge is -2.15. The second-order valence-corrected chi connectivity index (χ2v) is 5.77. The lowest BCUT2D eigenvalue weighted by Crippen LogP contribution is -2.22. The summed E-state index contributed by atoms with van der Waals surface area (Å²) in [5.41, 5.74) is 0.683. The standard InChI is InChI=1S/C17H19BrFNO/c1-13(16-9-8-14(18)12-17(16)19)20-10-5-11-21-15-6-3-2-4-7-15/h2-4,6-9,12-13,20H,5,10-11H2,1H3. The smallest absolute Gasteiger partial charge is 0.129 e. The van der Waals surface area contributed by atoms with Crippen molar-refractivity contribution in [1.82, 2.24) is 5.32 Å². The van der Waals surface area contributed by atoms with E-state index in [4.69, 9.17) is 4.74 Å². The molecule has 2 rings (SSSR count). The van der Waals surface area contributed by atoms with Crippen molar-refractivity contribution in [3.63, 3.8) is 0 Å². The van der Waals surface area contributed by atoms with Crippen LogP contribution in [0.4, 0.5) is 4.39 Å². The van der Waals surface area contributed by atoms with Gasteiger partial charge in [-0.25, -0.2) is 4.39 Å². The van der Waals surface area contributed by atoms with Gasteiger partial charge in [-0.1, -0.05) is 40.2 Å². The van der Waals surface area contributed by atoms with Crippen molar-refractivity contribution in [2.45, 2.75) is 19.4 Å². The molecule has 1 N–H and O–H groups in total. The molecule has 0 amide bonds. The Hall–Kier alpha value is -1.39. The number of hydrogen-bond donors (Lipinski definition) is 1. The van der Waals surface area contributed by atoms with Gasteiger partial charge in [-0.05, 0) is 44.2 Å². The summed E-state index contributed by atoms with van der Waals surface area (Å²) in [6, 6.07) is 14.9. The average Bonchev–Trinajstić information content (AvgIpc) is 2.47.